The Morgan fingerprint density at radius 2 is 1.64 bits per heavy atom. The minimum Gasteiger partial charge on any atom is -0.212 e. The van der Waals surface area contributed by atoms with E-state index in [1.807, 2.05) is 0 Å². The average molecular weight is 362 g/mol. The van der Waals surface area contributed by atoms with E-state index in [1.165, 1.54) is 24.3 Å². The zero-order chi connectivity index (χ0) is 16.3. The highest BCUT2D eigenvalue weighted by molar-refractivity contribution is 7.88. The molecule has 2 aromatic rings. The Bertz CT molecular complexity index is 743. The third-order valence-corrected chi connectivity index (χ3v) is 5.21. The van der Waals surface area contributed by atoms with Gasteiger partial charge in [0, 0.05) is 21.7 Å². The summed E-state index contributed by atoms with van der Waals surface area (Å²) < 4.78 is 39.9. The van der Waals surface area contributed by atoms with Gasteiger partial charge in [0.15, 0.2) is 0 Å². The van der Waals surface area contributed by atoms with E-state index in [4.69, 9.17) is 23.2 Å². The lowest BCUT2D eigenvalue weighted by molar-refractivity contribution is 0.565. The van der Waals surface area contributed by atoms with Crippen molar-refractivity contribution in [1.29, 1.82) is 0 Å². The van der Waals surface area contributed by atoms with E-state index in [1.54, 1.807) is 25.1 Å². The highest BCUT2D eigenvalue weighted by Crippen LogP contribution is 2.26. The van der Waals surface area contributed by atoms with Crippen molar-refractivity contribution in [2.45, 2.75) is 18.7 Å². The van der Waals surface area contributed by atoms with Gasteiger partial charge in [-0.3, -0.25) is 0 Å². The zero-order valence-electron chi connectivity index (χ0n) is 11.7. The Labute approximate surface area is 139 Å². The number of hydrogen-bond acceptors (Lipinski definition) is 2. The number of halogens is 3. The van der Waals surface area contributed by atoms with Crippen molar-refractivity contribution in [3.8, 4) is 0 Å². The zero-order valence-corrected chi connectivity index (χ0v) is 14.0. The molecule has 0 radical (unpaired) electrons. The van der Waals surface area contributed by atoms with Crippen LogP contribution in [0.3, 0.4) is 0 Å². The topological polar surface area (TPSA) is 46.2 Å². The molecule has 0 saturated heterocycles. The molecule has 0 fully saturated rings. The summed E-state index contributed by atoms with van der Waals surface area (Å²) in [6.45, 7) is 1.68. The second-order valence-electron chi connectivity index (χ2n) is 4.85. The fraction of sp³-hybridized carbons (Fsp3) is 0.200. The van der Waals surface area contributed by atoms with Crippen LogP contribution in [0.25, 0.3) is 0 Å². The summed E-state index contributed by atoms with van der Waals surface area (Å²) in [5.74, 6) is -0.696. The lowest BCUT2D eigenvalue weighted by Gasteiger charge is -2.15. The average Bonchev–Trinajstić information content (AvgIpc) is 2.43. The third kappa shape index (κ3) is 4.43. The maximum atomic E-state index is 12.9. The lowest BCUT2D eigenvalue weighted by Crippen LogP contribution is -2.28. The van der Waals surface area contributed by atoms with Crippen LogP contribution in [-0.4, -0.2) is 8.42 Å². The summed E-state index contributed by atoms with van der Waals surface area (Å²) in [6.07, 6.45) is 0. The van der Waals surface area contributed by atoms with Gasteiger partial charge in [-0.15, -0.1) is 0 Å². The van der Waals surface area contributed by atoms with Gasteiger partial charge in [-0.1, -0.05) is 41.4 Å². The molecule has 0 saturated carbocycles. The van der Waals surface area contributed by atoms with Crippen molar-refractivity contribution >= 4 is 33.2 Å². The first kappa shape index (κ1) is 17.2. The number of benzene rings is 2. The summed E-state index contributed by atoms with van der Waals surface area (Å²) in [7, 11) is -3.65. The van der Waals surface area contributed by atoms with Crippen LogP contribution in [0.5, 0.6) is 0 Å². The minimum absolute atomic E-state index is 0.298. The van der Waals surface area contributed by atoms with Gasteiger partial charge in [-0.25, -0.2) is 17.5 Å². The first-order valence-electron chi connectivity index (χ1n) is 6.47. The summed E-state index contributed by atoms with van der Waals surface area (Å²) in [5.41, 5.74) is 1.01. The molecule has 22 heavy (non-hydrogen) atoms. The van der Waals surface area contributed by atoms with E-state index in [9.17, 15) is 12.8 Å². The second-order valence-corrected chi connectivity index (χ2v) is 7.42. The molecule has 0 bridgehead atoms. The van der Waals surface area contributed by atoms with Gasteiger partial charge in [-0.2, -0.15) is 0 Å². The van der Waals surface area contributed by atoms with E-state index in [-0.39, 0.29) is 11.6 Å². The summed E-state index contributed by atoms with van der Waals surface area (Å²) in [6, 6.07) is 9.96. The van der Waals surface area contributed by atoms with Crippen LogP contribution in [0.1, 0.15) is 24.1 Å². The van der Waals surface area contributed by atoms with E-state index in [2.05, 4.69) is 4.72 Å². The summed E-state index contributed by atoms with van der Waals surface area (Å²) >= 11 is 12.0. The molecular weight excluding hydrogens is 348 g/mol. The van der Waals surface area contributed by atoms with Crippen LogP contribution in [0.2, 0.25) is 10.0 Å². The summed E-state index contributed by atoms with van der Waals surface area (Å²) in [5, 5.41) is 0.597. The van der Waals surface area contributed by atoms with Gasteiger partial charge in [-0.05, 0) is 36.8 Å². The van der Waals surface area contributed by atoms with Crippen molar-refractivity contribution in [3.05, 3.63) is 69.5 Å². The van der Waals surface area contributed by atoms with Crippen LogP contribution >= 0.6 is 23.2 Å². The Morgan fingerprint density at radius 3 is 2.18 bits per heavy atom. The van der Waals surface area contributed by atoms with E-state index < -0.39 is 16.1 Å². The fourth-order valence-corrected chi connectivity index (χ4v) is 4.13. The highest BCUT2D eigenvalue weighted by atomic mass is 35.5. The van der Waals surface area contributed by atoms with Crippen LogP contribution in [0, 0.1) is 5.82 Å². The van der Waals surface area contributed by atoms with Crippen molar-refractivity contribution in [2.75, 3.05) is 0 Å². The molecule has 3 nitrogen and oxygen atoms in total. The Morgan fingerprint density at radius 1 is 1.09 bits per heavy atom. The lowest BCUT2D eigenvalue weighted by atomic mass is 10.1. The smallest absolute Gasteiger partial charge is 0.212 e. The van der Waals surface area contributed by atoms with Crippen LogP contribution < -0.4 is 4.72 Å². The Kier molecular flexibility index (Phi) is 5.45. The van der Waals surface area contributed by atoms with Crippen LogP contribution in [0.4, 0.5) is 4.39 Å². The van der Waals surface area contributed by atoms with Crippen molar-refractivity contribution < 1.29 is 12.8 Å². The largest absolute Gasteiger partial charge is 0.216 e. The maximum Gasteiger partial charge on any atom is 0.216 e. The molecular formula is C15H14Cl2FNO2S. The van der Waals surface area contributed by atoms with Gasteiger partial charge < -0.3 is 0 Å². The predicted octanol–water partition coefficient (Wildman–Crippen LogP) is 4.31. The molecule has 0 aromatic heterocycles. The highest BCUT2D eigenvalue weighted by Gasteiger charge is 2.19. The van der Waals surface area contributed by atoms with E-state index in [0.29, 0.717) is 21.2 Å². The van der Waals surface area contributed by atoms with Crippen LogP contribution in [0.15, 0.2) is 42.5 Å². The van der Waals surface area contributed by atoms with Crippen molar-refractivity contribution in [3.63, 3.8) is 0 Å². The van der Waals surface area contributed by atoms with Gasteiger partial charge in [0.1, 0.15) is 5.82 Å². The number of nitrogens with one attached hydrogen (secondary N) is 1. The van der Waals surface area contributed by atoms with Gasteiger partial charge in [0.05, 0.1) is 5.75 Å². The molecule has 2 rings (SSSR count). The predicted molar refractivity (Wildman–Crippen MR) is 87.0 cm³/mol. The first-order chi connectivity index (χ1) is 10.3. The van der Waals surface area contributed by atoms with E-state index in [0.717, 1.165) is 0 Å². The first-order valence-corrected chi connectivity index (χ1v) is 8.87. The molecule has 0 unspecified atom stereocenters. The van der Waals surface area contributed by atoms with Crippen molar-refractivity contribution in [1.82, 2.24) is 4.72 Å². The molecule has 118 valence electrons. The summed E-state index contributed by atoms with van der Waals surface area (Å²) in [4.78, 5) is 0. The molecule has 0 heterocycles. The molecule has 1 N–H and O–H groups in total. The molecule has 0 aliphatic carbocycles. The molecule has 7 heteroatoms. The van der Waals surface area contributed by atoms with Gasteiger partial charge in [0.25, 0.3) is 0 Å². The quantitative estimate of drug-likeness (QED) is 0.861. The normalized spacial score (nSPS) is 13.1. The van der Waals surface area contributed by atoms with Gasteiger partial charge >= 0.3 is 0 Å². The molecule has 0 aliphatic rings. The molecule has 0 amide bonds. The SMILES string of the molecule is C[C@H](NS(=O)(=O)Cc1c(Cl)cccc1Cl)c1ccc(F)cc1. The maximum absolute atomic E-state index is 12.9. The molecule has 1 atom stereocenters. The number of sulfonamides is 1. The molecule has 0 aliphatic heterocycles. The second kappa shape index (κ2) is 6.96. The standard InChI is InChI=1S/C15H14Cl2FNO2S/c1-10(11-5-7-12(18)8-6-11)19-22(20,21)9-13-14(16)3-2-4-15(13)17/h2-8,10,19H,9H2,1H3/t10-/m0/s1. The fourth-order valence-electron chi connectivity index (χ4n) is 1.99. The number of rotatable bonds is 5. The monoisotopic (exact) mass is 361 g/mol. The van der Waals surface area contributed by atoms with Crippen molar-refractivity contribution in [2.24, 2.45) is 0 Å². The minimum atomic E-state index is -3.65. The van der Waals surface area contributed by atoms with E-state index >= 15 is 0 Å². The van der Waals surface area contributed by atoms with Gasteiger partial charge in [0.2, 0.25) is 10.0 Å². The molecule has 0 spiro atoms. The third-order valence-electron chi connectivity index (χ3n) is 3.12. The molecule has 2 aromatic carbocycles. The van der Waals surface area contributed by atoms with Crippen LogP contribution in [-0.2, 0) is 15.8 Å². The number of hydrogen-bond donors (Lipinski definition) is 1. The Balaban J connectivity index is 2.16. The Hall–Kier alpha value is -1.14.